The minimum absolute atomic E-state index is 0.0976. The van der Waals surface area contributed by atoms with Crippen LogP contribution in [0.3, 0.4) is 0 Å². The van der Waals surface area contributed by atoms with Crippen molar-refractivity contribution in [3.8, 4) is 0 Å². The van der Waals surface area contributed by atoms with E-state index in [4.69, 9.17) is 11.6 Å². The number of halogens is 5. The number of nitrogens with one attached hydrogen (secondary N) is 1. The maximum absolute atomic E-state index is 13.1. The highest BCUT2D eigenvalue weighted by Crippen LogP contribution is 2.34. The molecule has 1 heterocycles. The Morgan fingerprint density at radius 1 is 1.25 bits per heavy atom. The van der Waals surface area contributed by atoms with Crippen molar-refractivity contribution >= 4 is 55.9 Å². The number of aromatic nitrogens is 2. The molecular weight excluding hydrogens is 479 g/mol. The number of nitrogens with zero attached hydrogens (tertiary/aromatic N) is 2. The van der Waals surface area contributed by atoms with Crippen LogP contribution in [0.2, 0.25) is 5.02 Å². The third kappa shape index (κ3) is 4.47. The second-order valence-electron chi connectivity index (χ2n) is 6.19. The number of benzene rings is 2. The monoisotopic (exact) mass is 491 g/mol. The van der Waals surface area contributed by atoms with Crippen molar-refractivity contribution in [1.29, 1.82) is 0 Å². The van der Waals surface area contributed by atoms with Gasteiger partial charge in [0.25, 0.3) is 5.56 Å². The first-order chi connectivity index (χ1) is 13.1. The number of rotatable bonds is 4. The van der Waals surface area contributed by atoms with E-state index in [1.165, 1.54) is 6.33 Å². The van der Waals surface area contributed by atoms with Gasteiger partial charge in [-0.2, -0.15) is 13.2 Å². The zero-order valence-corrected chi connectivity index (χ0v) is 17.8. The van der Waals surface area contributed by atoms with Gasteiger partial charge >= 0.3 is 6.18 Å². The number of hydrogen-bond acceptors (Lipinski definition) is 4. The minimum Gasteiger partial charge on any atom is -0.289 e. The van der Waals surface area contributed by atoms with Gasteiger partial charge in [0, 0.05) is 19.6 Å². The molecule has 0 aliphatic heterocycles. The highest BCUT2D eigenvalue weighted by atomic mass is 79.9. The van der Waals surface area contributed by atoms with Crippen molar-refractivity contribution in [2.75, 3.05) is 5.43 Å². The molecule has 148 valence electrons. The smallest absolute Gasteiger partial charge is 0.289 e. The van der Waals surface area contributed by atoms with Crippen molar-refractivity contribution in [1.82, 2.24) is 9.66 Å². The van der Waals surface area contributed by atoms with Crippen molar-refractivity contribution in [2.45, 2.75) is 30.2 Å². The Labute approximate surface area is 176 Å². The van der Waals surface area contributed by atoms with Crippen LogP contribution in [0.5, 0.6) is 0 Å². The van der Waals surface area contributed by atoms with Gasteiger partial charge in [0.1, 0.15) is 6.33 Å². The molecule has 10 heteroatoms. The molecule has 0 atom stereocenters. The van der Waals surface area contributed by atoms with Crippen molar-refractivity contribution in [3.05, 3.63) is 62.1 Å². The highest BCUT2D eigenvalue weighted by molar-refractivity contribution is 9.10. The lowest BCUT2D eigenvalue weighted by atomic mass is 10.1. The molecule has 4 nitrogen and oxygen atoms in total. The van der Waals surface area contributed by atoms with Crippen LogP contribution in [0.1, 0.15) is 19.4 Å². The largest absolute Gasteiger partial charge is 0.416 e. The van der Waals surface area contributed by atoms with Crippen molar-refractivity contribution in [2.24, 2.45) is 0 Å². The van der Waals surface area contributed by atoms with E-state index in [0.29, 0.717) is 10.7 Å². The van der Waals surface area contributed by atoms with Crippen molar-refractivity contribution in [3.63, 3.8) is 0 Å². The van der Waals surface area contributed by atoms with Crippen LogP contribution in [0.4, 0.5) is 18.9 Å². The van der Waals surface area contributed by atoms with E-state index in [0.717, 1.165) is 21.7 Å². The zero-order valence-electron chi connectivity index (χ0n) is 14.6. The Bertz CT molecular complexity index is 1100. The van der Waals surface area contributed by atoms with Crippen LogP contribution in [-0.4, -0.2) is 14.9 Å². The lowest BCUT2D eigenvalue weighted by Gasteiger charge is -2.16. The Kier molecular flexibility index (Phi) is 5.97. The number of fused-ring (bicyclic) bond motifs is 1. The summed E-state index contributed by atoms with van der Waals surface area (Å²) in [5, 5.41) is 0.578. The third-order valence-corrected chi connectivity index (χ3v) is 5.61. The zero-order chi connectivity index (χ0) is 20.6. The number of thioether (sulfide) groups is 1. The molecule has 0 saturated heterocycles. The average Bonchev–Trinajstić information content (AvgIpc) is 2.58. The van der Waals surface area contributed by atoms with Gasteiger partial charge in [0.05, 0.1) is 22.2 Å². The van der Waals surface area contributed by atoms with E-state index in [1.807, 2.05) is 19.9 Å². The van der Waals surface area contributed by atoms with E-state index in [2.05, 4.69) is 26.3 Å². The Balaban J connectivity index is 2.12. The third-order valence-electron chi connectivity index (χ3n) is 3.69. The molecule has 0 spiro atoms. The van der Waals surface area contributed by atoms with Gasteiger partial charge in [-0.25, -0.2) is 9.66 Å². The molecule has 0 bridgehead atoms. The topological polar surface area (TPSA) is 46.9 Å². The van der Waals surface area contributed by atoms with E-state index >= 15 is 0 Å². The molecule has 0 unspecified atom stereocenters. The molecule has 0 radical (unpaired) electrons. The molecule has 3 rings (SSSR count). The minimum atomic E-state index is -4.58. The molecule has 28 heavy (non-hydrogen) atoms. The maximum Gasteiger partial charge on any atom is 0.416 e. The van der Waals surface area contributed by atoms with Crippen molar-refractivity contribution < 1.29 is 13.2 Å². The van der Waals surface area contributed by atoms with E-state index in [-0.39, 0.29) is 20.6 Å². The second-order valence-corrected chi connectivity index (χ2v) is 9.10. The molecule has 3 aromatic rings. The van der Waals surface area contributed by atoms with Gasteiger partial charge in [0.15, 0.2) is 0 Å². The number of anilines is 1. The maximum atomic E-state index is 13.1. The lowest BCUT2D eigenvalue weighted by Crippen LogP contribution is -2.27. The van der Waals surface area contributed by atoms with Crippen LogP contribution in [0, 0.1) is 0 Å². The van der Waals surface area contributed by atoms with Gasteiger partial charge in [-0.1, -0.05) is 25.4 Å². The molecule has 0 aliphatic carbocycles. The fourth-order valence-corrected chi connectivity index (χ4v) is 4.13. The Hall–Kier alpha value is -1.71. The van der Waals surface area contributed by atoms with Crippen LogP contribution in [-0.2, 0) is 6.18 Å². The van der Waals surface area contributed by atoms with Crippen LogP contribution in [0.15, 0.2) is 50.8 Å². The van der Waals surface area contributed by atoms with Gasteiger partial charge in [-0.15, -0.1) is 11.8 Å². The lowest BCUT2D eigenvalue weighted by molar-refractivity contribution is -0.137. The summed E-state index contributed by atoms with van der Waals surface area (Å²) in [7, 11) is 0. The normalized spacial score (nSPS) is 12.0. The number of hydrogen-bond donors (Lipinski definition) is 1. The predicted octanol–water partition coefficient (Wildman–Crippen LogP) is 6.21. The summed E-state index contributed by atoms with van der Waals surface area (Å²) in [6, 6.07) is 6.89. The standard InChI is InChI=1S/C18H14BrClF3N3OS/c1-9(2)28-15-4-3-11(20)7-14(15)25-26-8-24-16-12(17(26)27)5-10(6-13(16)19)18(21,22)23/h3-9,25H,1-2H3. The molecule has 1 aromatic heterocycles. The van der Waals surface area contributed by atoms with Gasteiger partial charge in [-0.3, -0.25) is 10.2 Å². The molecule has 0 saturated carbocycles. The fourth-order valence-electron chi connectivity index (χ4n) is 2.51. The molecule has 2 aromatic carbocycles. The number of alkyl halides is 3. The second kappa shape index (κ2) is 7.96. The van der Waals surface area contributed by atoms with Gasteiger partial charge in [0.2, 0.25) is 0 Å². The van der Waals surface area contributed by atoms with E-state index in [9.17, 15) is 18.0 Å². The van der Waals surface area contributed by atoms with Gasteiger partial charge < -0.3 is 0 Å². The molecule has 0 amide bonds. The van der Waals surface area contributed by atoms with Crippen LogP contribution < -0.4 is 11.0 Å². The van der Waals surface area contributed by atoms with Gasteiger partial charge in [-0.05, 0) is 46.3 Å². The van der Waals surface area contributed by atoms with Crippen LogP contribution >= 0.6 is 39.3 Å². The Morgan fingerprint density at radius 2 is 1.96 bits per heavy atom. The summed E-state index contributed by atoms with van der Waals surface area (Å²) in [6.07, 6.45) is -3.35. The van der Waals surface area contributed by atoms with Crippen LogP contribution in [0.25, 0.3) is 10.9 Å². The first-order valence-electron chi connectivity index (χ1n) is 8.07. The fraction of sp³-hybridized carbons (Fsp3) is 0.222. The highest BCUT2D eigenvalue weighted by Gasteiger charge is 2.31. The molecule has 1 N–H and O–H groups in total. The summed E-state index contributed by atoms with van der Waals surface area (Å²) < 4.78 is 40.5. The average molecular weight is 493 g/mol. The summed E-state index contributed by atoms with van der Waals surface area (Å²) in [4.78, 5) is 17.8. The first kappa shape index (κ1) is 21.0. The summed E-state index contributed by atoms with van der Waals surface area (Å²) in [6.45, 7) is 4.03. The SMILES string of the molecule is CC(C)Sc1ccc(Cl)cc1Nn1cnc2c(Br)cc(C(F)(F)F)cc2c1=O. The van der Waals surface area contributed by atoms with E-state index in [1.54, 1.807) is 23.9 Å². The van der Waals surface area contributed by atoms with E-state index < -0.39 is 17.3 Å². The predicted molar refractivity (Wildman–Crippen MR) is 110 cm³/mol. The first-order valence-corrected chi connectivity index (χ1v) is 10.1. The summed E-state index contributed by atoms with van der Waals surface area (Å²) in [5.74, 6) is 0. The summed E-state index contributed by atoms with van der Waals surface area (Å²) >= 11 is 10.7. The molecule has 0 fully saturated rings. The Morgan fingerprint density at radius 3 is 2.61 bits per heavy atom. The molecular formula is C18H14BrClF3N3OS. The summed E-state index contributed by atoms with van der Waals surface area (Å²) in [5.41, 5.74) is 2.02. The molecule has 0 aliphatic rings. The quantitative estimate of drug-likeness (QED) is 0.440.